The fourth-order valence-electron chi connectivity index (χ4n) is 2.85. The number of amides is 3. The van der Waals surface area contributed by atoms with Crippen LogP contribution in [0.15, 0.2) is 48.5 Å². The van der Waals surface area contributed by atoms with Crippen molar-refractivity contribution in [3.8, 4) is 0 Å². The molecule has 3 rings (SSSR count). The van der Waals surface area contributed by atoms with E-state index in [-0.39, 0.29) is 18.4 Å². The van der Waals surface area contributed by atoms with Crippen molar-refractivity contribution < 1.29 is 19.1 Å². The van der Waals surface area contributed by atoms with Crippen molar-refractivity contribution in [1.82, 2.24) is 4.90 Å². The maximum absolute atomic E-state index is 12.5. The summed E-state index contributed by atoms with van der Waals surface area (Å²) in [5.41, 5.74) is 7.28. The molecule has 0 unspecified atom stereocenters. The number of hydrogen-bond donors (Lipinski definition) is 3. The number of hydrogen-bond acceptors (Lipinski definition) is 5. The van der Waals surface area contributed by atoms with Gasteiger partial charge in [-0.1, -0.05) is 12.1 Å². The second kappa shape index (κ2) is 9.01. The van der Waals surface area contributed by atoms with Crippen molar-refractivity contribution in [3.63, 3.8) is 0 Å². The quantitative estimate of drug-likeness (QED) is 0.697. The average molecular weight is 382 g/mol. The molecule has 2 aromatic rings. The minimum absolute atomic E-state index is 0.00382. The molecule has 0 spiro atoms. The molecule has 8 nitrogen and oxygen atoms in total. The van der Waals surface area contributed by atoms with Gasteiger partial charge in [0.05, 0.1) is 19.8 Å². The molecule has 3 amide bonds. The van der Waals surface area contributed by atoms with Gasteiger partial charge in [0.15, 0.2) is 0 Å². The number of nitrogens with zero attached hydrogens (tertiary/aromatic N) is 1. The SMILES string of the molecule is NC(=O)c1cccc(NCC(=O)Nc2cccc(C(=O)N3CCOCC3)c2)c1. The Balaban J connectivity index is 1.57. The van der Waals surface area contributed by atoms with Gasteiger partial charge in [0.1, 0.15) is 0 Å². The molecule has 1 heterocycles. The van der Waals surface area contributed by atoms with Crippen LogP contribution in [0.25, 0.3) is 0 Å². The molecule has 0 saturated carbocycles. The molecule has 0 aliphatic carbocycles. The van der Waals surface area contributed by atoms with E-state index in [1.807, 2.05) is 0 Å². The highest BCUT2D eigenvalue weighted by Gasteiger charge is 2.18. The van der Waals surface area contributed by atoms with Crippen molar-refractivity contribution in [2.75, 3.05) is 43.5 Å². The first-order valence-corrected chi connectivity index (χ1v) is 8.93. The molecule has 4 N–H and O–H groups in total. The minimum atomic E-state index is -0.533. The third-order valence-electron chi connectivity index (χ3n) is 4.29. The van der Waals surface area contributed by atoms with Gasteiger partial charge in [-0.2, -0.15) is 0 Å². The van der Waals surface area contributed by atoms with Crippen molar-refractivity contribution >= 4 is 29.1 Å². The number of anilines is 2. The summed E-state index contributed by atoms with van der Waals surface area (Å²) in [6.45, 7) is 2.19. The predicted octanol–water partition coefficient (Wildman–Crippen LogP) is 1.31. The van der Waals surface area contributed by atoms with Crippen LogP contribution in [0.3, 0.4) is 0 Å². The molecule has 0 radical (unpaired) electrons. The Hall–Kier alpha value is -3.39. The Morgan fingerprint density at radius 1 is 0.964 bits per heavy atom. The second-order valence-corrected chi connectivity index (χ2v) is 6.33. The zero-order valence-corrected chi connectivity index (χ0v) is 15.3. The normalized spacial score (nSPS) is 13.6. The molecular weight excluding hydrogens is 360 g/mol. The van der Waals surface area contributed by atoms with Gasteiger partial charge in [-0.25, -0.2) is 0 Å². The molecule has 8 heteroatoms. The highest BCUT2D eigenvalue weighted by molar-refractivity contribution is 5.98. The lowest BCUT2D eigenvalue weighted by Gasteiger charge is -2.27. The van der Waals surface area contributed by atoms with Crippen molar-refractivity contribution in [2.45, 2.75) is 0 Å². The van der Waals surface area contributed by atoms with E-state index in [0.29, 0.717) is 48.8 Å². The number of morpholine rings is 1. The fourth-order valence-corrected chi connectivity index (χ4v) is 2.85. The zero-order chi connectivity index (χ0) is 19.9. The highest BCUT2D eigenvalue weighted by atomic mass is 16.5. The average Bonchev–Trinajstić information content (AvgIpc) is 2.73. The minimum Gasteiger partial charge on any atom is -0.378 e. The van der Waals surface area contributed by atoms with E-state index in [1.54, 1.807) is 53.4 Å². The van der Waals surface area contributed by atoms with Crippen molar-refractivity contribution in [3.05, 3.63) is 59.7 Å². The number of ether oxygens (including phenoxy) is 1. The molecule has 1 aliphatic heterocycles. The van der Waals surface area contributed by atoms with Gasteiger partial charge in [-0.3, -0.25) is 14.4 Å². The molecule has 0 aromatic heterocycles. The fraction of sp³-hybridized carbons (Fsp3) is 0.250. The molecule has 1 aliphatic rings. The van der Waals surface area contributed by atoms with Crippen LogP contribution in [0.1, 0.15) is 20.7 Å². The Kier molecular flexibility index (Phi) is 6.23. The number of carbonyl (C=O) groups is 3. The van der Waals surface area contributed by atoms with Crippen LogP contribution < -0.4 is 16.4 Å². The maximum atomic E-state index is 12.5. The molecule has 0 bridgehead atoms. The summed E-state index contributed by atoms with van der Waals surface area (Å²) in [7, 11) is 0. The van der Waals surface area contributed by atoms with E-state index in [9.17, 15) is 14.4 Å². The van der Waals surface area contributed by atoms with E-state index < -0.39 is 5.91 Å². The second-order valence-electron chi connectivity index (χ2n) is 6.33. The Morgan fingerprint density at radius 3 is 2.32 bits per heavy atom. The summed E-state index contributed by atoms with van der Waals surface area (Å²) in [6, 6.07) is 13.4. The lowest BCUT2D eigenvalue weighted by molar-refractivity contribution is -0.114. The van der Waals surface area contributed by atoms with Crippen LogP contribution in [0.4, 0.5) is 11.4 Å². The first-order valence-electron chi connectivity index (χ1n) is 8.93. The number of primary amides is 1. The van der Waals surface area contributed by atoms with E-state index in [4.69, 9.17) is 10.5 Å². The molecule has 1 saturated heterocycles. The Bertz CT molecular complexity index is 878. The van der Waals surface area contributed by atoms with Gasteiger partial charge in [0, 0.05) is 35.6 Å². The van der Waals surface area contributed by atoms with Gasteiger partial charge in [-0.15, -0.1) is 0 Å². The number of nitrogens with one attached hydrogen (secondary N) is 2. The summed E-state index contributed by atoms with van der Waals surface area (Å²) in [5.74, 6) is -0.893. The lowest BCUT2D eigenvalue weighted by Crippen LogP contribution is -2.40. The van der Waals surface area contributed by atoms with Crippen LogP contribution in [-0.4, -0.2) is 55.5 Å². The molecule has 2 aromatic carbocycles. The molecule has 0 atom stereocenters. The number of benzene rings is 2. The van der Waals surface area contributed by atoms with Crippen LogP contribution in [-0.2, 0) is 9.53 Å². The van der Waals surface area contributed by atoms with Gasteiger partial charge in [0.2, 0.25) is 11.8 Å². The van der Waals surface area contributed by atoms with E-state index in [1.165, 1.54) is 0 Å². The highest BCUT2D eigenvalue weighted by Crippen LogP contribution is 2.14. The van der Waals surface area contributed by atoms with Gasteiger partial charge >= 0.3 is 0 Å². The summed E-state index contributed by atoms with van der Waals surface area (Å²) in [5, 5.41) is 5.70. The zero-order valence-electron chi connectivity index (χ0n) is 15.3. The first kappa shape index (κ1) is 19.4. The van der Waals surface area contributed by atoms with E-state index in [0.717, 1.165) is 0 Å². The molecule has 1 fully saturated rings. The molecule has 146 valence electrons. The number of carbonyl (C=O) groups excluding carboxylic acids is 3. The van der Waals surface area contributed by atoms with Crippen LogP contribution in [0.2, 0.25) is 0 Å². The smallest absolute Gasteiger partial charge is 0.254 e. The van der Waals surface area contributed by atoms with Crippen LogP contribution in [0.5, 0.6) is 0 Å². The third-order valence-corrected chi connectivity index (χ3v) is 4.29. The summed E-state index contributed by atoms with van der Waals surface area (Å²) in [6.07, 6.45) is 0. The topological polar surface area (TPSA) is 114 Å². The standard InChI is InChI=1S/C20H22N4O4/c21-19(26)14-3-1-5-16(11-14)22-13-18(25)23-17-6-2-4-15(12-17)20(27)24-7-9-28-10-8-24/h1-6,11-12,22H,7-10,13H2,(H2,21,26)(H,23,25). The maximum Gasteiger partial charge on any atom is 0.254 e. The summed E-state index contributed by atoms with van der Waals surface area (Å²) < 4.78 is 5.26. The van der Waals surface area contributed by atoms with Gasteiger partial charge < -0.3 is 26.0 Å². The van der Waals surface area contributed by atoms with Crippen LogP contribution >= 0.6 is 0 Å². The Morgan fingerprint density at radius 2 is 1.61 bits per heavy atom. The first-order chi connectivity index (χ1) is 13.5. The summed E-state index contributed by atoms with van der Waals surface area (Å²) >= 11 is 0. The van der Waals surface area contributed by atoms with Gasteiger partial charge in [-0.05, 0) is 36.4 Å². The third kappa shape index (κ3) is 5.08. The van der Waals surface area contributed by atoms with Crippen molar-refractivity contribution in [2.24, 2.45) is 5.73 Å². The predicted molar refractivity (Wildman–Crippen MR) is 105 cm³/mol. The molecule has 28 heavy (non-hydrogen) atoms. The Labute approximate surface area is 162 Å². The lowest BCUT2D eigenvalue weighted by atomic mass is 10.1. The molecular formula is C20H22N4O4. The largest absolute Gasteiger partial charge is 0.378 e. The van der Waals surface area contributed by atoms with Gasteiger partial charge in [0.25, 0.3) is 5.91 Å². The number of nitrogens with two attached hydrogens (primary N) is 1. The number of rotatable bonds is 6. The van der Waals surface area contributed by atoms with E-state index in [2.05, 4.69) is 10.6 Å². The summed E-state index contributed by atoms with van der Waals surface area (Å²) in [4.78, 5) is 37.7. The van der Waals surface area contributed by atoms with Crippen molar-refractivity contribution in [1.29, 1.82) is 0 Å². The monoisotopic (exact) mass is 382 g/mol. The van der Waals surface area contributed by atoms with Crippen LogP contribution in [0, 0.1) is 0 Å². The van der Waals surface area contributed by atoms with E-state index >= 15 is 0 Å².